The number of imidazole rings is 1. The minimum Gasteiger partial charge on any atom is -0.480 e. The van der Waals surface area contributed by atoms with Crippen molar-refractivity contribution in [1.82, 2.24) is 14.7 Å². The smallest absolute Gasteiger partial charge is 0.326 e. The molecule has 0 aliphatic rings. The summed E-state index contributed by atoms with van der Waals surface area (Å²) in [5, 5.41) is 13.4. The molecule has 1 amide bonds. The maximum Gasteiger partial charge on any atom is 0.326 e. The highest BCUT2D eigenvalue weighted by Gasteiger charge is 2.20. The summed E-state index contributed by atoms with van der Waals surface area (Å²) in [6, 6.07) is -0.931. The van der Waals surface area contributed by atoms with Gasteiger partial charge in [-0.1, -0.05) is 0 Å². The standard InChI is InChI=1S/C12H15N3O4S/c1-19-5-2-9(11(17)18)14-10(16)6-8-7-20-12-13-3-4-15(8)12/h3-4,7,9H,2,5-6H2,1H3,(H,14,16)(H,17,18). The van der Waals surface area contributed by atoms with Gasteiger partial charge in [0.1, 0.15) is 6.04 Å². The van der Waals surface area contributed by atoms with Crippen LogP contribution in [-0.4, -0.2) is 46.1 Å². The molecule has 0 saturated heterocycles. The monoisotopic (exact) mass is 297 g/mol. The van der Waals surface area contributed by atoms with Gasteiger partial charge in [-0.3, -0.25) is 9.20 Å². The Morgan fingerprint density at radius 2 is 2.40 bits per heavy atom. The fraction of sp³-hybridized carbons (Fsp3) is 0.417. The van der Waals surface area contributed by atoms with Crippen molar-refractivity contribution in [3.8, 4) is 0 Å². The zero-order chi connectivity index (χ0) is 14.5. The molecule has 0 bridgehead atoms. The Bertz CT molecular complexity index is 607. The molecule has 2 rings (SSSR count). The molecule has 0 spiro atoms. The lowest BCUT2D eigenvalue weighted by Gasteiger charge is -2.13. The van der Waals surface area contributed by atoms with Crippen LogP contribution in [-0.2, 0) is 20.7 Å². The van der Waals surface area contributed by atoms with Gasteiger partial charge in [0.25, 0.3) is 0 Å². The van der Waals surface area contributed by atoms with Crippen molar-refractivity contribution in [3.63, 3.8) is 0 Å². The Hall–Kier alpha value is -1.93. The number of carbonyl (C=O) groups is 2. The summed E-state index contributed by atoms with van der Waals surface area (Å²) in [5.74, 6) is -1.39. The van der Waals surface area contributed by atoms with Crippen molar-refractivity contribution in [2.45, 2.75) is 18.9 Å². The third kappa shape index (κ3) is 3.34. The predicted molar refractivity (Wildman–Crippen MR) is 72.8 cm³/mol. The summed E-state index contributed by atoms with van der Waals surface area (Å²) in [7, 11) is 1.49. The van der Waals surface area contributed by atoms with Crippen LogP contribution in [0.25, 0.3) is 4.96 Å². The maximum atomic E-state index is 11.9. The maximum absolute atomic E-state index is 11.9. The van der Waals surface area contributed by atoms with E-state index in [1.165, 1.54) is 18.4 Å². The number of aliphatic carboxylic acids is 1. The van der Waals surface area contributed by atoms with Crippen LogP contribution in [0, 0.1) is 0 Å². The van der Waals surface area contributed by atoms with Crippen LogP contribution in [0.3, 0.4) is 0 Å². The van der Waals surface area contributed by atoms with Gasteiger partial charge < -0.3 is 15.2 Å². The number of carbonyl (C=O) groups excluding carboxylic acids is 1. The molecule has 2 N–H and O–H groups in total. The van der Waals surface area contributed by atoms with Gasteiger partial charge in [0.2, 0.25) is 5.91 Å². The molecule has 0 radical (unpaired) electrons. The van der Waals surface area contributed by atoms with E-state index in [-0.39, 0.29) is 25.4 Å². The van der Waals surface area contributed by atoms with E-state index in [0.717, 1.165) is 10.7 Å². The predicted octanol–water partition coefficient (Wildman–Crippen LogP) is 0.544. The fourth-order valence-electron chi connectivity index (χ4n) is 1.80. The zero-order valence-corrected chi connectivity index (χ0v) is 11.7. The summed E-state index contributed by atoms with van der Waals surface area (Å²) in [4.78, 5) is 27.9. The minimum absolute atomic E-state index is 0.118. The number of carboxylic acid groups (broad SMARTS) is 1. The van der Waals surface area contributed by atoms with Crippen LogP contribution in [0.15, 0.2) is 17.8 Å². The topological polar surface area (TPSA) is 92.9 Å². The number of thiazole rings is 1. The van der Waals surface area contributed by atoms with Crippen molar-refractivity contribution in [2.75, 3.05) is 13.7 Å². The average Bonchev–Trinajstić information content (AvgIpc) is 2.99. The first kappa shape index (κ1) is 14.5. The molecule has 1 unspecified atom stereocenters. The Labute approximate surface area is 119 Å². The number of carboxylic acids is 1. The van der Waals surface area contributed by atoms with Gasteiger partial charge in [0.15, 0.2) is 4.96 Å². The highest BCUT2D eigenvalue weighted by molar-refractivity contribution is 7.15. The minimum atomic E-state index is -1.06. The van der Waals surface area contributed by atoms with E-state index in [4.69, 9.17) is 9.84 Å². The number of methoxy groups -OCH3 is 1. The number of aromatic nitrogens is 2. The molecule has 0 aromatic carbocycles. The van der Waals surface area contributed by atoms with Crippen LogP contribution < -0.4 is 5.32 Å². The van der Waals surface area contributed by atoms with E-state index >= 15 is 0 Å². The summed E-state index contributed by atoms with van der Waals surface area (Å²) in [5.41, 5.74) is 0.788. The quantitative estimate of drug-likeness (QED) is 0.778. The van der Waals surface area contributed by atoms with E-state index in [2.05, 4.69) is 10.3 Å². The summed E-state index contributed by atoms with van der Waals surface area (Å²) in [6.45, 7) is 0.279. The average molecular weight is 297 g/mol. The Balaban J connectivity index is 1.97. The Morgan fingerprint density at radius 1 is 1.60 bits per heavy atom. The summed E-state index contributed by atoms with van der Waals surface area (Å²) < 4.78 is 6.65. The van der Waals surface area contributed by atoms with Crippen molar-refractivity contribution in [1.29, 1.82) is 0 Å². The molecule has 0 saturated carbocycles. The van der Waals surface area contributed by atoms with E-state index < -0.39 is 12.0 Å². The lowest BCUT2D eigenvalue weighted by molar-refractivity contribution is -0.142. The number of nitrogens with zero attached hydrogens (tertiary/aromatic N) is 2. The lowest BCUT2D eigenvalue weighted by atomic mass is 10.2. The van der Waals surface area contributed by atoms with Gasteiger partial charge in [-0.05, 0) is 0 Å². The molecule has 0 aliphatic heterocycles. The number of ether oxygens (including phenoxy) is 1. The zero-order valence-electron chi connectivity index (χ0n) is 10.9. The number of nitrogens with one attached hydrogen (secondary N) is 1. The van der Waals surface area contributed by atoms with Gasteiger partial charge in [-0.15, -0.1) is 11.3 Å². The highest BCUT2D eigenvalue weighted by Crippen LogP contribution is 2.14. The van der Waals surface area contributed by atoms with Crippen LogP contribution in [0.2, 0.25) is 0 Å². The number of amides is 1. The van der Waals surface area contributed by atoms with E-state index in [1.807, 2.05) is 9.78 Å². The van der Waals surface area contributed by atoms with Crippen molar-refractivity contribution in [3.05, 3.63) is 23.5 Å². The molecule has 2 aromatic heterocycles. The number of hydrogen-bond donors (Lipinski definition) is 2. The molecule has 7 nitrogen and oxygen atoms in total. The molecular formula is C12H15N3O4S. The van der Waals surface area contributed by atoms with Crippen molar-refractivity contribution >= 4 is 28.2 Å². The first-order chi connectivity index (χ1) is 9.61. The van der Waals surface area contributed by atoms with Crippen LogP contribution in [0.4, 0.5) is 0 Å². The second-order valence-corrected chi connectivity index (χ2v) is 5.06. The van der Waals surface area contributed by atoms with E-state index in [9.17, 15) is 9.59 Å². The molecule has 8 heteroatoms. The first-order valence-electron chi connectivity index (χ1n) is 6.02. The molecular weight excluding hydrogens is 282 g/mol. The lowest BCUT2D eigenvalue weighted by Crippen LogP contribution is -2.42. The molecule has 2 aromatic rings. The molecule has 0 fully saturated rings. The summed E-state index contributed by atoms with van der Waals surface area (Å²) >= 11 is 1.44. The van der Waals surface area contributed by atoms with E-state index in [0.29, 0.717) is 0 Å². The Kier molecular flexibility index (Phi) is 4.70. The molecule has 0 aliphatic carbocycles. The molecule has 108 valence electrons. The Morgan fingerprint density at radius 3 is 3.10 bits per heavy atom. The van der Waals surface area contributed by atoms with Crippen LogP contribution in [0.5, 0.6) is 0 Å². The normalized spacial score (nSPS) is 12.4. The third-order valence-corrected chi connectivity index (χ3v) is 3.71. The molecule has 1 atom stereocenters. The SMILES string of the molecule is COCCC(NC(=O)Cc1csc2nccn12)C(=O)O. The number of hydrogen-bond acceptors (Lipinski definition) is 5. The second kappa shape index (κ2) is 6.49. The second-order valence-electron chi connectivity index (χ2n) is 4.22. The number of fused-ring (bicyclic) bond motifs is 1. The summed E-state index contributed by atoms with van der Waals surface area (Å²) in [6.07, 6.45) is 3.79. The van der Waals surface area contributed by atoms with Crippen LogP contribution in [0.1, 0.15) is 12.1 Å². The third-order valence-electron chi connectivity index (χ3n) is 2.80. The van der Waals surface area contributed by atoms with E-state index in [1.54, 1.807) is 12.4 Å². The van der Waals surface area contributed by atoms with Crippen molar-refractivity contribution in [2.24, 2.45) is 0 Å². The van der Waals surface area contributed by atoms with Gasteiger partial charge in [0.05, 0.1) is 6.42 Å². The van der Waals surface area contributed by atoms with Gasteiger partial charge >= 0.3 is 5.97 Å². The molecule has 20 heavy (non-hydrogen) atoms. The van der Waals surface area contributed by atoms with Crippen molar-refractivity contribution < 1.29 is 19.4 Å². The molecule has 2 heterocycles. The number of rotatable bonds is 7. The highest BCUT2D eigenvalue weighted by atomic mass is 32.1. The van der Waals surface area contributed by atoms with Gasteiger partial charge in [-0.25, -0.2) is 9.78 Å². The first-order valence-corrected chi connectivity index (χ1v) is 6.90. The van der Waals surface area contributed by atoms with Gasteiger partial charge in [0, 0.05) is 43.6 Å². The fourth-order valence-corrected chi connectivity index (χ4v) is 2.65. The van der Waals surface area contributed by atoms with Gasteiger partial charge in [-0.2, -0.15) is 0 Å². The largest absolute Gasteiger partial charge is 0.480 e. The van der Waals surface area contributed by atoms with Crippen LogP contribution >= 0.6 is 11.3 Å².